The number of benzene rings is 2. The van der Waals surface area contributed by atoms with Crippen molar-refractivity contribution in [3.05, 3.63) is 59.9 Å². The van der Waals surface area contributed by atoms with Crippen LogP contribution in [0.5, 0.6) is 11.5 Å². The van der Waals surface area contributed by atoms with Crippen LogP contribution in [0.15, 0.2) is 48.5 Å². The van der Waals surface area contributed by atoms with Crippen molar-refractivity contribution in [2.45, 2.75) is 24.4 Å². The van der Waals surface area contributed by atoms with Gasteiger partial charge in [0, 0.05) is 25.2 Å². The fourth-order valence-corrected chi connectivity index (χ4v) is 3.65. The summed E-state index contributed by atoms with van der Waals surface area (Å²) >= 11 is 0. The summed E-state index contributed by atoms with van der Waals surface area (Å²) in [5.41, 5.74) is 0.744. The second kappa shape index (κ2) is 7.56. The van der Waals surface area contributed by atoms with Crippen molar-refractivity contribution >= 4 is 5.91 Å². The van der Waals surface area contributed by atoms with E-state index >= 15 is 0 Å². The van der Waals surface area contributed by atoms with Gasteiger partial charge in [0.1, 0.15) is 12.4 Å². The number of nitrogens with one attached hydrogen (secondary N) is 1. The molecule has 2 aromatic rings. The molecule has 1 saturated heterocycles. The van der Waals surface area contributed by atoms with Crippen LogP contribution in [0.25, 0.3) is 0 Å². The normalized spacial score (nSPS) is 20.7. The molecule has 4 rings (SSSR count). The van der Waals surface area contributed by atoms with Gasteiger partial charge < -0.3 is 19.5 Å². The first-order valence-corrected chi connectivity index (χ1v) is 9.16. The molecule has 0 unspecified atom stereocenters. The van der Waals surface area contributed by atoms with Gasteiger partial charge in [0.25, 0.3) is 5.91 Å². The summed E-state index contributed by atoms with van der Waals surface area (Å²) < 4.78 is 30.2. The average Bonchev–Trinajstić information content (AvgIpc) is 2.73. The lowest BCUT2D eigenvalue weighted by atomic mass is 9.74. The zero-order valence-corrected chi connectivity index (χ0v) is 14.9. The number of amides is 1. The smallest absolute Gasteiger partial charge is 0.264 e. The Morgan fingerprint density at radius 1 is 1.07 bits per heavy atom. The SMILES string of the molecule is O=C(NCC1(c2ccc(F)cc2)CCOCC1)[C@H]1COc2ccccc2O1. The Kier molecular flexibility index (Phi) is 4.99. The van der Waals surface area contributed by atoms with Crippen LogP contribution in [-0.2, 0) is 14.9 Å². The monoisotopic (exact) mass is 371 g/mol. The van der Waals surface area contributed by atoms with Gasteiger partial charge in [-0.2, -0.15) is 0 Å². The van der Waals surface area contributed by atoms with Crippen LogP contribution < -0.4 is 14.8 Å². The van der Waals surface area contributed by atoms with Crippen molar-refractivity contribution in [1.29, 1.82) is 0 Å². The molecule has 2 aliphatic rings. The quantitative estimate of drug-likeness (QED) is 0.898. The van der Waals surface area contributed by atoms with Gasteiger partial charge in [-0.25, -0.2) is 4.39 Å². The summed E-state index contributed by atoms with van der Waals surface area (Å²) in [5, 5.41) is 3.01. The molecule has 1 N–H and O–H groups in total. The molecule has 6 heteroatoms. The van der Waals surface area contributed by atoms with E-state index in [0.717, 1.165) is 18.4 Å². The van der Waals surface area contributed by atoms with Crippen LogP contribution in [0.1, 0.15) is 18.4 Å². The van der Waals surface area contributed by atoms with Crippen molar-refractivity contribution in [2.75, 3.05) is 26.4 Å². The van der Waals surface area contributed by atoms with Crippen molar-refractivity contribution < 1.29 is 23.4 Å². The zero-order chi connectivity index (χ0) is 18.7. The first kappa shape index (κ1) is 17.8. The van der Waals surface area contributed by atoms with E-state index in [9.17, 15) is 9.18 Å². The molecule has 2 aromatic carbocycles. The lowest BCUT2D eigenvalue weighted by molar-refractivity contribution is -0.130. The number of halogens is 1. The number of ether oxygens (including phenoxy) is 3. The maximum atomic E-state index is 13.3. The highest BCUT2D eigenvalue weighted by Crippen LogP contribution is 2.35. The fourth-order valence-electron chi connectivity index (χ4n) is 3.65. The number of carbonyl (C=O) groups is 1. The minimum absolute atomic E-state index is 0.176. The van der Waals surface area contributed by atoms with Crippen LogP contribution >= 0.6 is 0 Å². The molecule has 142 valence electrons. The van der Waals surface area contributed by atoms with E-state index in [2.05, 4.69) is 5.32 Å². The predicted molar refractivity (Wildman–Crippen MR) is 97.5 cm³/mol. The molecule has 0 radical (unpaired) electrons. The van der Waals surface area contributed by atoms with Gasteiger partial charge in [-0.1, -0.05) is 24.3 Å². The Hall–Kier alpha value is -2.60. The number of hydrogen-bond acceptors (Lipinski definition) is 4. The average molecular weight is 371 g/mol. The Balaban J connectivity index is 1.45. The van der Waals surface area contributed by atoms with E-state index in [1.54, 1.807) is 18.2 Å². The Labute approximate surface area is 157 Å². The number of fused-ring (bicyclic) bond motifs is 1. The standard InChI is InChI=1S/C21H22FNO4/c22-16-7-5-15(6-8-16)21(9-11-25-12-10-21)14-23-20(24)19-13-26-17-3-1-2-4-18(17)27-19/h1-8,19H,9-14H2,(H,23,24)/t19-/m1/s1. The molecule has 27 heavy (non-hydrogen) atoms. The topological polar surface area (TPSA) is 56.8 Å². The molecule has 1 atom stereocenters. The summed E-state index contributed by atoms with van der Waals surface area (Å²) in [5.74, 6) is 0.742. The molecule has 0 aromatic heterocycles. The summed E-state index contributed by atoms with van der Waals surface area (Å²) in [6, 6.07) is 13.8. The van der Waals surface area contributed by atoms with Gasteiger partial charge in [0.05, 0.1) is 0 Å². The first-order chi connectivity index (χ1) is 13.2. The second-order valence-electron chi connectivity index (χ2n) is 6.98. The van der Waals surface area contributed by atoms with Gasteiger partial charge in [0.15, 0.2) is 11.5 Å². The maximum absolute atomic E-state index is 13.3. The van der Waals surface area contributed by atoms with Crippen molar-refractivity contribution in [1.82, 2.24) is 5.32 Å². The molecule has 0 saturated carbocycles. The van der Waals surface area contributed by atoms with E-state index in [1.807, 2.05) is 18.2 Å². The number of hydrogen-bond donors (Lipinski definition) is 1. The van der Waals surface area contributed by atoms with E-state index < -0.39 is 6.10 Å². The lowest BCUT2D eigenvalue weighted by Crippen LogP contribution is -2.50. The minimum atomic E-state index is -0.690. The van der Waals surface area contributed by atoms with Crippen LogP contribution in [0, 0.1) is 5.82 Å². The fraction of sp³-hybridized carbons (Fsp3) is 0.381. The molecule has 5 nitrogen and oxygen atoms in total. The molecule has 2 heterocycles. The highest BCUT2D eigenvalue weighted by molar-refractivity contribution is 5.81. The number of carbonyl (C=O) groups excluding carboxylic acids is 1. The third kappa shape index (κ3) is 3.76. The van der Waals surface area contributed by atoms with Gasteiger partial charge >= 0.3 is 0 Å². The van der Waals surface area contributed by atoms with Gasteiger partial charge in [-0.3, -0.25) is 4.79 Å². The molecular formula is C21H22FNO4. The summed E-state index contributed by atoms with van der Waals surface area (Å²) in [4.78, 5) is 12.7. The summed E-state index contributed by atoms with van der Waals surface area (Å²) in [6.07, 6.45) is 0.845. The highest BCUT2D eigenvalue weighted by Gasteiger charge is 2.36. The van der Waals surface area contributed by atoms with Gasteiger partial charge in [-0.05, 0) is 42.7 Å². The molecule has 0 spiro atoms. The van der Waals surface area contributed by atoms with E-state index in [1.165, 1.54) is 12.1 Å². The molecule has 2 aliphatic heterocycles. The molecule has 0 bridgehead atoms. The van der Waals surface area contributed by atoms with Gasteiger partial charge in [0.2, 0.25) is 6.10 Å². The number of para-hydroxylation sites is 2. The summed E-state index contributed by atoms with van der Waals surface area (Å²) in [6.45, 7) is 1.85. The lowest BCUT2D eigenvalue weighted by Gasteiger charge is -2.38. The molecule has 1 amide bonds. The third-order valence-corrected chi connectivity index (χ3v) is 5.31. The zero-order valence-electron chi connectivity index (χ0n) is 14.9. The maximum Gasteiger partial charge on any atom is 0.264 e. The van der Waals surface area contributed by atoms with Crippen LogP contribution in [-0.4, -0.2) is 38.4 Å². The Morgan fingerprint density at radius 3 is 2.52 bits per heavy atom. The van der Waals surface area contributed by atoms with Crippen molar-refractivity contribution in [3.8, 4) is 11.5 Å². The molecule has 0 aliphatic carbocycles. The van der Waals surface area contributed by atoms with Crippen LogP contribution in [0.2, 0.25) is 0 Å². The van der Waals surface area contributed by atoms with Crippen molar-refractivity contribution in [3.63, 3.8) is 0 Å². The second-order valence-corrected chi connectivity index (χ2v) is 6.98. The Morgan fingerprint density at radius 2 is 1.78 bits per heavy atom. The minimum Gasteiger partial charge on any atom is -0.485 e. The van der Waals surface area contributed by atoms with Crippen LogP contribution in [0.4, 0.5) is 4.39 Å². The van der Waals surface area contributed by atoms with E-state index in [4.69, 9.17) is 14.2 Å². The first-order valence-electron chi connectivity index (χ1n) is 9.16. The van der Waals surface area contributed by atoms with E-state index in [0.29, 0.717) is 31.3 Å². The van der Waals surface area contributed by atoms with Crippen LogP contribution in [0.3, 0.4) is 0 Å². The molecular weight excluding hydrogens is 349 g/mol. The van der Waals surface area contributed by atoms with Crippen molar-refractivity contribution in [2.24, 2.45) is 0 Å². The molecule has 1 fully saturated rings. The van der Waals surface area contributed by atoms with Gasteiger partial charge in [-0.15, -0.1) is 0 Å². The Bertz CT molecular complexity index is 802. The van der Waals surface area contributed by atoms with E-state index in [-0.39, 0.29) is 23.7 Å². The largest absolute Gasteiger partial charge is 0.485 e. The third-order valence-electron chi connectivity index (χ3n) is 5.31. The number of rotatable bonds is 4. The predicted octanol–water partition coefficient (Wildman–Crippen LogP) is 2.83. The summed E-state index contributed by atoms with van der Waals surface area (Å²) in [7, 11) is 0. The highest BCUT2D eigenvalue weighted by atomic mass is 19.1.